The summed E-state index contributed by atoms with van der Waals surface area (Å²) in [5.41, 5.74) is 9.42. The first kappa shape index (κ1) is 31.8. The van der Waals surface area contributed by atoms with Crippen LogP contribution in [-0.2, 0) is 4.74 Å². The molecule has 7 aromatic carbocycles. The van der Waals surface area contributed by atoms with Crippen LogP contribution in [0.4, 0.5) is 0 Å². The zero-order valence-corrected chi connectivity index (χ0v) is 30.1. The Morgan fingerprint density at radius 2 is 0.893 bits per heavy atom. The van der Waals surface area contributed by atoms with Gasteiger partial charge >= 0.3 is 0 Å². The van der Waals surface area contributed by atoms with Gasteiger partial charge in [0.1, 0.15) is 0 Å². The lowest BCUT2D eigenvalue weighted by Crippen LogP contribution is -2.23. The highest BCUT2D eigenvalue weighted by Gasteiger charge is 2.28. The third-order valence-electron chi connectivity index (χ3n) is 10.5. The van der Waals surface area contributed by atoms with Gasteiger partial charge in [-0.05, 0) is 30.3 Å². The molecule has 0 saturated carbocycles. The van der Waals surface area contributed by atoms with E-state index < -0.39 is 6.23 Å². The van der Waals surface area contributed by atoms with Gasteiger partial charge in [-0.1, -0.05) is 158 Å². The predicted molar refractivity (Wildman–Crippen MR) is 226 cm³/mol. The van der Waals surface area contributed by atoms with E-state index in [9.17, 15) is 0 Å². The van der Waals surface area contributed by atoms with Crippen molar-refractivity contribution in [2.45, 2.75) is 6.23 Å². The van der Waals surface area contributed by atoms with Crippen molar-refractivity contribution in [3.8, 4) is 28.5 Å². The lowest BCUT2D eigenvalue weighted by Gasteiger charge is -2.23. The number of nitrogens with zero attached hydrogens (tertiary/aromatic N) is 6. The average Bonchev–Trinajstić information content (AvgIpc) is 3.81. The van der Waals surface area contributed by atoms with E-state index in [0.29, 0.717) is 17.8 Å². The van der Waals surface area contributed by atoms with Gasteiger partial charge in [-0.25, -0.2) is 15.0 Å². The van der Waals surface area contributed by atoms with Crippen LogP contribution in [-0.4, -0.2) is 31.0 Å². The Kier molecular flexibility index (Phi) is 7.41. The second-order valence-electron chi connectivity index (χ2n) is 13.8. The number of ether oxygens (including phenoxy) is 1. The van der Waals surface area contributed by atoms with Crippen LogP contribution in [0, 0.1) is 0 Å². The van der Waals surface area contributed by atoms with E-state index in [1.54, 1.807) is 0 Å². The van der Waals surface area contributed by atoms with Gasteiger partial charge in [-0.15, -0.1) is 0 Å². The number of benzene rings is 7. The fraction of sp³-hybridized carbons (Fsp3) is 0.0204. The molecule has 4 heterocycles. The molecule has 7 heteroatoms. The lowest BCUT2D eigenvalue weighted by molar-refractivity contribution is 0.198. The summed E-state index contributed by atoms with van der Waals surface area (Å²) < 4.78 is 11.0. The molecule has 264 valence electrons. The first-order valence-electron chi connectivity index (χ1n) is 18.7. The van der Waals surface area contributed by atoms with Crippen LogP contribution in [0.15, 0.2) is 198 Å². The fourth-order valence-electron chi connectivity index (χ4n) is 7.93. The Bertz CT molecular complexity index is 3090. The van der Waals surface area contributed by atoms with Crippen molar-refractivity contribution < 1.29 is 4.74 Å². The largest absolute Gasteiger partial charge is 0.447 e. The maximum absolute atomic E-state index is 6.57. The second kappa shape index (κ2) is 13.0. The first-order chi connectivity index (χ1) is 27.8. The predicted octanol–water partition coefficient (Wildman–Crippen LogP) is 11.4. The van der Waals surface area contributed by atoms with Crippen LogP contribution in [0.2, 0.25) is 0 Å². The average molecular weight is 721 g/mol. The van der Waals surface area contributed by atoms with Crippen molar-refractivity contribution in [3.63, 3.8) is 0 Å². The molecule has 10 aromatic rings. The smallest absolute Gasteiger partial charge is 0.237 e. The number of para-hydroxylation sites is 2. The highest BCUT2D eigenvalue weighted by molar-refractivity contribution is 6.26. The SMILES string of the molecule is c1ccc(C2=NC(n3c4ccccc4c4ccc5c6ccccc6n(-c6nc(-c7ccccc7)cc(-c7ccccc7)n6)c5c43)=NC(c3ccccc3)O2)cc1. The summed E-state index contributed by atoms with van der Waals surface area (Å²) in [7, 11) is 0. The van der Waals surface area contributed by atoms with Gasteiger partial charge in [0.25, 0.3) is 0 Å². The summed E-state index contributed by atoms with van der Waals surface area (Å²) in [6.45, 7) is 0. The van der Waals surface area contributed by atoms with Crippen molar-refractivity contribution in [3.05, 3.63) is 199 Å². The van der Waals surface area contributed by atoms with E-state index in [4.69, 9.17) is 24.7 Å². The molecule has 0 spiro atoms. The van der Waals surface area contributed by atoms with Crippen molar-refractivity contribution >= 4 is 55.5 Å². The van der Waals surface area contributed by atoms with Crippen molar-refractivity contribution in [2.75, 3.05) is 0 Å². The molecular formula is C49H32N6O. The zero-order chi connectivity index (χ0) is 37.0. The summed E-state index contributed by atoms with van der Waals surface area (Å²) in [5, 5.41) is 4.33. The van der Waals surface area contributed by atoms with E-state index in [2.05, 4.69) is 100 Å². The number of rotatable bonds is 5. The molecule has 0 fully saturated rings. The summed E-state index contributed by atoms with van der Waals surface area (Å²) in [4.78, 5) is 21.2. The van der Waals surface area contributed by atoms with Crippen molar-refractivity contribution in [1.29, 1.82) is 0 Å². The van der Waals surface area contributed by atoms with Crippen molar-refractivity contribution in [2.24, 2.45) is 9.98 Å². The minimum Gasteiger partial charge on any atom is -0.447 e. The quantitative estimate of drug-likeness (QED) is 0.178. The molecule has 0 radical (unpaired) electrons. The Morgan fingerprint density at radius 1 is 0.429 bits per heavy atom. The molecule has 0 bridgehead atoms. The van der Waals surface area contributed by atoms with Gasteiger partial charge in [-0.2, -0.15) is 4.99 Å². The maximum atomic E-state index is 6.57. The summed E-state index contributed by atoms with van der Waals surface area (Å²) in [5.74, 6) is 1.61. The molecule has 11 rings (SSSR count). The number of hydrogen-bond donors (Lipinski definition) is 0. The van der Waals surface area contributed by atoms with Gasteiger partial charge < -0.3 is 4.74 Å². The molecule has 1 unspecified atom stereocenters. The molecule has 0 aliphatic carbocycles. The normalized spacial score (nSPS) is 14.2. The first-order valence-corrected chi connectivity index (χ1v) is 18.7. The van der Waals surface area contributed by atoms with Gasteiger partial charge in [0.2, 0.25) is 24.0 Å². The van der Waals surface area contributed by atoms with Crippen LogP contribution >= 0.6 is 0 Å². The molecule has 0 saturated heterocycles. The number of fused-ring (bicyclic) bond motifs is 7. The van der Waals surface area contributed by atoms with Gasteiger partial charge in [0.15, 0.2) is 0 Å². The minimum absolute atomic E-state index is 0.509. The molecule has 1 aliphatic rings. The summed E-state index contributed by atoms with van der Waals surface area (Å²) >= 11 is 0. The summed E-state index contributed by atoms with van der Waals surface area (Å²) in [6, 6.07) is 64.3. The third kappa shape index (κ3) is 5.21. The highest BCUT2D eigenvalue weighted by Crippen LogP contribution is 2.41. The molecule has 1 aliphatic heterocycles. The van der Waals surface area contributed by atoms with E-state index in [0.717, 1.165) is 77.3 Å². The molecule has 7 nitrogen and oxygen atoms in total. The lowest BCUT2D eigenvalue weighted by atomic mass is 10.1. The Balaban J connectivity index is 1.27. The van der Waals surface area contributed by atoms with Crippen molar-refractivity contribution in [1.82, 2.24) is 19.1 Å². The molecule has 0 N–H and O–H groups in total. The maximum Gasteiger partial charge on any atom is 0.237 e. The van der Waals surface area contributed by atoms with Crippen LogP contribution in [0.5, 0.6) is 0 Å². The van der Waals surface area contributed by atoms with Crippen LogP contribution < -0.4 is 0 Å². The minimum atomic E-state index is -0.612. The fourth-order valence-corrected chi connectivity index (χ4v) is 7.93. The number of aliphatic imine (C=N–C) groups is 2. The Morgan fingerprint density at radius 3 is 1.46 bits per heavy atom. The highest BCUT2D eigenvalue weighted by atomic mass is 16.5. The summed E-state index contributed by atoms with van der Waals surface area (Å²) in [6.07, 6.45) is -0.612. The molecule has 56 heavy (non-hydrogen) atoms. The van der Waals surface area contributed by atoms with E-state index in [1.165, 1.54) is 0 Å². The van der Waals surface area contributed by atoms with Gasteiger partial charge in [0, 0.05) is 43.8 Å². The third-order valence-corrected chi connectivity index (χ3v) is 10.5. The topological polar surface area (TPSA) is 69.6 Å². The molecule has 1 atom stereocenters. The van der Waals surface area contributed by atoms with Gasteiger partial charge in [-0.3, -0.25) is 9.13 Å². The van der Waals surface area contributed by atoms with Gasteiger partial charge in [0.05, 0.1) is 33.5 Å². The second-order valence-corrected chi connectivity index (χ2v) is 13.8. The number of hydrogen-bond acceptors (Lipinski definition) is 5. The molecule has 3 aromatic heterocycles. The van der Waals surface area contributed by atoms with E-state index >= 15 is 0 Å². The Hall–Kier alpha value is -7.64. The Labute approximate surface area is 322 Å². The van der Waals surface area contributed by atoms with Crippen LogP contribution in [0.1, 0.15) is 17.4 Å². The van der Waals surface area contributed by atoms with E-state index in [-0.39, 0.29) is 0 Å². The van der Waals surface area contributed by atoms with Crippen LogP contribution in [0.25, 0.3) is 72.1 Å². The zero-order valence-electron chi connectivity index (χ0n) is 30.1. The monoisotopic (exact) mass is 720 g/mol. The molecular weight excluding hydrogens is 689 g/mol. The number of aromatic nitrogens is 4. The van der Waals surface area contributed by atoms with E-state index in [1.807, 2.05) is 97.1 Å². The standard InChI is InChI=1S/C49H32N6O/c1-5-17-32(18-6-1)40-31-41(33-19-7-2-8-20-33)51-48(50-40)54-42-27-15-13-25-36(42)38-29-30-39-37-26-14-16-28-43(37)55(45(39)44(38)54)49-52-46(34-21-9-3-10-22-34)56-47(53-49)35-23-11-4-12-24-35/h1-31,46H. The molecule has 0 amide bonds. The van der Waals surface area contributed by atoms with Crippen LogP contribution in [0.3, 0.4) is 0 Å².